The Hall–Kier alpha value is -1.71. The summed E-state index contributed by atoms with van der Waals surface area (Å²) in [6.45, 7) is 2.81. The zero-order valence-corrected chi connectivity index (χ0v) is 9.97. The molecule has 0 bridgehead atoms. The number of esters is 1. The van der Waals surface area contributed by atoms with Crippen molar-refractivity contribution in [2.45, 2.75) is 13.3 Å². The molecule has 1 aliphatic rings. The highest BCUT2D eigenvalue weighted by molar-refractivity contribution is 5.90. The normalized spacial score (nSPS) is 22.0. The number of carbonyl (C=O) groups excluding carboxylic acids is 1. The van der Waals surface area contributed by atoms with Crippen LogP contribution in [0.5, 0.6) is 11.5 Å². The predicted molar refractivity (Wildman–Crippen MR) is 62.2 cm³/mol. The Kier molecular flexibility index (Phi) is 3.22. The molecule has 0 radical (unpaired) electrons. The lowest BCUT2D eigenvalue weighted by Gasteiger charge is -2.08. The summed E-state index contributed by atoms with van der Waals surface area (Å²) in [5, 5.41) is 9.48. The highest BCUT2D eigenvalue weighted by Crippen LogP contribution is 2.38. The van der Waals surface area contributed by atoms with Crippen molar-refractivity contribution < 1.29 is 19.4 Å². The monoisotopic (exact) mass is 236 g/mol. The maximum atomic E-state index is 11.3. The van der Waals surface area contributed by atoms with Crippen molar-refractivity contribution in [2.75, 3.05) is 13.7 Å². The minimum Gasteiger partial charge on any atom is -0.508 e. The number of ether oxygens (including phenoxy) is 2. The van der Waals surface area contributed by atoms with Gasteiger partial charge in [0.25, 0.3) is 0 Å². The van der Waals surface area contributed by atoms with E-state index in [1.165, 1.54) is 25.7 Å². The van der Waals surface area contributed by atoms with Gasteiger partial charge in [0.05, 0.1) is 19.3 Å². The van der Waals surface area contributed by atoms with Crippen LogP contribution in [0.4, 0.5) is 0 Å². The van der Waals surface area contributed by atoms with E-state index in [1.54, 1.807) is 6.07 Å². The molecule has 0 aromatic heterocycles. The summed E-state index contributed by atoms with van der Waals surface area (Å²) in [6.07, 6.45) is 1.18. The van der Waals surface area contributed by atoms with Crippen LogP contribution in [0.25, 0.3) is 0 Å². The van der Waals surface area contributed by atoms with Gasteiger partial charge in [-0.25, -0.2) is 4.79 Å². The lowest BCUT2D eigenvalue weighted by Crippen LogP contribution is -2.04. The van der Waals surface area contributed by atoms with Gasteiger partial charge in [-0.05, 0) is 30.4 Å². The molecule has 0 spiro atoms. The molecular formula is C13H16O4. The molecule has 0 amide bonds. The number of phenols is 1. The van der Waals surface area contributed by atoms with E-state index < -0.39 is 5.97 Å². The van der Waals surface area contributed by atoms with E-state index in [2.05, 4.69) is 11.7 Å². The second kappa shape index (κ2) is 4.65. The first-order valence-electron chi connectivity index (χ1n) is 5.65. The lowest BCUT2D eigenvalue weighted by molar-refractivity contribution is 0.0599. The molecule has 1 N–H and O–H groups in total. The van der Waals surface area contributed by atoms with Gasteiger partial charge in [0.1, 0.15) is 11.5 Å². The molecule has 2 atom stereocenters. The van der Waals surface area contributed by atoms with Gasteiger partial charge in [-0.2, -0.15) is 0 Å². The van der Waals surface area contributed by atoms with E-state index in [0.717, 1.165) is 0 Å². The number of rotatable bonds is 4. The molecule has 92 valence electrons. The van der Waals surface area contributed by atoms with Crippen molar-refractivity contribution >= 4 is 5.97 Å². The van der Waals surface area contributed by atoms with Crippen molar-refractivity contribution in [1.29, 1.82) is 0 Å². The van der Waals surface area contributed by atoms with Gasteiger partial charge < -0.3 is 14.6 Å². The second-order valence-corrected chi connectivity index (χ2v) is 4.49. The van der Waals surface area contributed by atoms with Gasteiger partial charge in [-0.1, -0.05) is 6.92 Å². The van der Waals surface area contributed by atoms with Gasteiger partial charge in [0.15, 0.2) is 0 Å². The maximum absolute atomic E-state index is 11.3. The fraction of sp³-hybridized carbons (Fsp3) is 0.462. The minimum atomic E-state index is -0.481. The summed E-state index contributed by atoms with van der Waals surface area (Å²) < 4.78 is 10.1. The first-order valence-corrected chi connectivity index (χ1v) is 5.65. The Balaban J connectivity index is 2.05. The molecule has 2 unspecified atom stereocenters. The zero-order valence-electron chi connectivity index (χ0n) is 9.97. The van der Waals surface area contributed by atoms with E-state index in [4.69, 9.17) is 4.74 Å². The van der Waals surface area contributed by atoms with Crippen LogP contribution in [0.15, 0.2) is 18.2 Å². The van der Waals surface area contributed by atoms with Gasteiger partial charge in [-0.15, -0.1) is 0 Å². The number of carbonyl (C=O) groups is 1. The summed E-state index contributed by atoms with van der Waals surface area (Å²) in [5.74, 6) is 1.34. The number of hydrogen-bond acceptors (Lipinski definition) is 4. The molecule has 17 heavy (non-hydrogen) atoms. The fourth-order valence-electron chi connectivity index (χ4n) is 1.74. The Morgan fingerprint density at radius 2 is 2.18 bits per heavy atom. The number of methoxy groups -OCH3 is 1. The van der Waals surface area contributed by atoms with E-state index in [-0.39, 0.29) is 5.75 Å². The quantitative estimate of drug-likeness (QED) is 0.814. The third-order valence-electron chi connectivity index (χ3n) is 3.05. The topological polar surface area (TPSA) is 55.8 Å². The third-order valence-corrected chi connectivity index (χ3v) is 3.05. The highest BCUT2D eigenvalue weighted by Gasteiger charge is 2.33. The number of benzene rings is 1. The molecule has 1 aromatic rings. The van der Waals surface area contributed by atoms with Crippen LogP contribution < -0.4 is 4.74 Å². The summed E-state index contributed by atoms with van der Waals surface area (Å²) in [4.78, 5) is 11.3. The molecule has 0 saturated heterocycles. The summed E-state index contributed by atoms with van der Waals surface area (Å²) in [6, 6.07) is 4.44. The molecule has 4 nitrogen and oxygen atoms in total. The molecule has 0 aliphatic heterocycles. The number of hydrogen-bond donors (Lipinski definition) is 1. The van der Waals surface area contributed by atoms with E-state index in [1.807, 2.05) is 0 Å². The highest BCUT2D eigenvalue weighted by atomic mass is 16.5. The molecule has 1 saturated carbocycles. The smallest absolute Gasteiger partial charge is 0.338 e. The van der Waals surface area contributed by atoms with Crippen molar-refractivity contribution in [2.24, 2.45) is 11.8 Å². The first kappa shape index (κ1) is 11.8. The van der Waals surface area contributed by atoms with Gasteiger partial charge in [0, 0.05) is 6.07 Å². The summed E-state index contributed by atoms with van der Waals surface area (Å²) >= 11 is 0. The summed E-state index contributed by atoms with van der Waals surface area (Å²) in [7, 11) is 1.30. The minimum absolute atomic E-state index is 0.00625. The van der Waals surface area contributed by atoms with Crippen molar-refractivity contribution in [3.8, 4) is 11.5 Å². The van der Waals surface area contributed by atoms with Crippen molar-refractivity contribution in [3.05, 3.63) is 23.8 Å². The molecule has 1 aliphatic carbocycles. The lowest BCUT2D eigenvalue weighted by atomic mass is 10.2. The SMILES string of the molecule is COC(=O)c1cc(O)cc(OCC2CC2C)c1. The van der Waals surface area contributed by atoms with Gasteiger partial charge in [-0.3, -0.25) is 0 Å². The van der Waals surface area contributed by atoms with Crippen molar-refractivity contribution in [1.82, 2.24) is 0 Å². The average Bonchev–Trinajstić information content (AvgIpc) is 3.01. The second-order valence-electron chi connectivity index (χ2n) is 4.49. The van der Waals surface area contributed by atoms with Crippen LogP contribution >= 0.6 is 0 Å². The average molecular weight is 236 g/mol. The molecule has 1 aromatic carbocycles. The predicted octanol–water partition coefficient (Wildman–Crippen LogP) is 2.21. The van der Waals surface area contributed by atoms with Crippen LogP contribution in [-0.4, -0.2) is 24.8 Å². The summed E-state index contributed by atoms with van der Waals surface area (Å²) in [5.41, 5.74) is 0.298. The van der Waals surface area contributed by atoms with Crippen LogP contribution in [0, 0.1) is 11.8 Å². The largest absolute Gasteiger partial charge is 0.508 e. The molecule has 2 rings (SSSR count). The van der Waals surface area contributed by atoms with Crippen LogP contribution in [0.3, 0.4) is 0 Å². The Morgan fingerprint density at radius 3 is 2.76 bits per heavy atom. The van der Waals surface area contributed by atoms with Crippen LogP contribution in [0.2, 0.25) is 0 Å². The fourth-order valence-corrected chi connectivity index (χ4v) is 1.74. The standard InChI is InChI=1S/C13H16O4/c1-8-3-10(8)7-17-12-5-9(13(15)16-2)4-11(14)6-12/h4-6,8,10,14H,3,7H2,1-2H3. The van der Waals surface area contributed by atoms with E-state index >= 15 is 0 Å². The Morgan fingerprint density at radius 1 is 1.47 bits per heavy atom. The number of phenolic OH excluding ortho intramolecular Hbond substituents is 1. The zero-order chi connectivity index (χ0) is 12.4. The maximum Gasteiger partial charge on any atom is 0.338 e. The molecule has 0 heterocycles. The molecule has 4 heteroatoms. The Labute approximate surface area is 100 Å². The van der Waals surface area contributed by atoms with Crippen molar-refractivity contribution in [3.63, 3.8) is 0 Å². The van der Waals surface area contributed by atoms with Gasteiger partial charge in [0.2, 0.25) is 0 Å². The number of aromatic hydroxyl groups is 1. The third kappa shape index (κ3) is 2.90. The molecule has 1 fully saturated rings. The van der Waals surface area contributed by atoms with E-state index in [0.29, 0.717) is 29.8 Å². The van der Waals surface area contributed by atoms with Crippen LogP contribution in [-0.2, 0) is 4.74 Å². The first-order chi connectivity index (χ1) is 8.10. The molecular weight excluding hydrogens is 220 g/mol. The Bertz CT molecular complexity index is 427. The van der Waals surface area contributed by atoms with Gasteiger partial charge >= 0.3 is 5.97 Å². The van der Waals surface area contributed by atoms with Crippen LogP contribution in [0.1, 0.15) is 23.7 Å². The van der Waals surface area contributed by atoms with E-state index in [9.17, 15) is 9.90 Å².